The van der Waals surface area contributed by atoms with Crippen LogP contribution in [0.15, 0.2) is 30.5 Å². The SMILES string of the molecule is COCCc1ccccc1-n1nncc1CNCC(C)C. The molecule has 2 aromatic rings. The molecule has 1 aromatic heterocycles. The van der Waals surface area contributed by atoms with Crippen LogP contribution >= 0.6 is 0 Å². The Morgan fingerprint density at radius 3 is 2.86 bits per heavy atom. The van der Waals surface area contributed by atoms with E-state index in [-0.39, 0.29) is 0 Å². The number of para-hydroxylation sites is 1. The predicted octanol–water partition coefficient (Wildman–Crippen LogP) is 2.20. The zero-order chi connectivity index (χ0) is 15.1. The predicted molar refractivity (Wildman–Crippen MR) is 83.5 cm³/mol. The lowest BCUT2D eigenvalue weighted by molar-refractivity contribution is 0.202. The number of aromatic nitrogens is 3. The highest BCUT2D eigenvalue weighted by Gasteiger charge is 2.10. The summed E-state index contributed by atoms with van der Waals surface area (Å²) >= 11 is 0. The van der Waals surface area contributed by atoms with Crippen molar-refractivity contribution in [1.29, 1.82) is 0 Å². The Labute approximate surface area is 126 Å². The number of hydrogen-bond acceptors (Lipinski definition) is 4. The first-order valence-corrected chi connectivity index (χ1v) is 7.40. The Morgan fingerprint density at radius 1 is 1.29 bits per heavy atom. The summed E-state index contributed by atoms with van der Waals surface area (Å²) in [5.74, 6) is 0.628. The summed E-state index contributed by atoms with van der Waals surface area (Å²) in [7, 11) is 1.72. The number of nitrogens with zero attached hydrogens (tertiary/aromatic N) is 3. The molecule has 0 amide bonds. The molecule has 0 atom stereocenters. The van der Waals surface area contributed by atoms with Gasteiger partial charge in [0.15, 0.2) is 0 Å². The van der Waals surface area contributed by atoms with Crippen molar-refractivity contribution in [2.75, 3.05) is 20.3 Å². The Morgan fingerprint density at radius 2 is 2.10 bits per heavy atom. The third-order valence-corrected chi connectivity index (χ3v) is 3.27. The second-order valence-electron chi connectivity index (χ2n) is 5.53. The lowest BCUT2D eigenvalue weighted by Gasteiger charge is -2.12. The number of methoxy groups -OCH3 is 1. The van der Waals surface area contributed by atoms with Crippen LogP contribution < -0.4 is 5.32 Å². The van der Waals surface area contributed by atoms with Crippen LogP contribution in [0.4, 0.5) is 0 Å². The molecule has 0 saturated carbocycles. The highest BCUT2D eigenvalue weighted by atomic mass is 16.5. The quantitative estimate of drug-likeness (QED) is 0.809. The van der Waals surface area contributed by atoms with Gasteiger partial charge in [-0.15, -0.1) is 5.10 Å². The summed E-state index contributed by atoms with van der Waals surface area (Å²) in [4.78, 5) is 0. The van der Waals surface area contributed by atoms with Gasteiger partial charge in [0.05, 0.1) is 24.2 Å². The third-order valence-electron chi connectivity index (χ3n) is 3.27. The lowest BCUT2D eigenvalue weighted by atomic mass is 10.1. The molecule has 5 nitrogen and oxygen atoms in total. The van der Waals surface area contributed by atoms with Crippen LogP contribution in [0.5, 0.6) is 0 Å². The smallest absolute Gasteiger partial charge is 0.0783 e. The normalized spacial score (nSPS) is 11.2. The van der Waals surface area contributed by atoms with Gasteiger partial charge in [-0.05, 0) is 30.5 Å². The zero-order valence-corrected chi connectivity index (χ0v) is 13.0. The van der Waals surface area contributed by atoms with Gasteiger partial charge in [0, 0.05) is 13.7 Å². The van der Waals surface area contributed by atoms with E-state index in [0.717, 1.165) is 30.9 Å². The first-order valence-electron chi connectivity index (χ1n) is 7.40. The van der Waals surface area contributed by atoms with Gasteiger partial charge in [-0.25, -0.2) is 4.68 Å². The van der Waals surface area contributed by atoms with Gasteiger partial charge in [0.1, 0.15) is 0 Å². The molecule has 0 spiro atoms. The first-order chi connectivity index (χ1) is 10.2. The average molecular weight is 288 g/mol. The maximum atomic E-state index is 5.18. The second-order valence-corrected chi connectivity index (χ2v) is 5.53. The molecular weight excluding hydrogens is 264 g/mol. The molecule has 1 N–H and O–H groups in total. The van der Waals surface area contributed by atoms with E-state index in [1.807, 2.05) is 23.0 Å². The minimum Gasteiger partial charge on any atom is -0.384 e. The van der Waals surface area contributed by atoms with E-state index in [9.17, 15) is 0 Å². The van der Waals surface area contributed by atoms with Crippen LogP contribution in [-0.4, -0.2) is 35.3 Å². The van der Waals surface area contributed by atoms with Crippen molar-refractivity contribution in [2.24, 2.45) is 5.92 Å². The Hall–Kier alpha value is -1.72. The summed E-state index contributed by atoms with van der Waals surface area (Å²) in [5.41, 5.74) is 3.36. The molecule has 0 radical (unpaired) electrons. The van der Waals surface area contributed by atoms with Gasteiger partial charge in [0.25, 0.3) is 0 Å². The molecular formula is C16H24N4O. The molecule has 0 bridgehead atoms. The molecule has 0 fully saturated rings. The van der Waals surface area contributed by atoms with E-state index in [1.165, 1.54) is 5.56 Å². The summed E-state index contributed by atoms with van der Waals surface area (Å²) in [6, 6.07) is 8.26. The molecule has 0 aliphatic carbocycles. The van der Waals surface area contributed by atoms with Crippen molar-refractivity contribution in [3.05, 3.63) is 41.7 Å². The van der Waals surface area contributed by atoms with Crippen LogP contribution in [0, 0.1) is 5.92 Å². The second kappa shape index (κ2) is 7.90. The molecule has 0 saturated heterocycles. The van der Waals surface area contributed by atoms with E-state index in [0.29, 0.717) is 12.5 Å². The van der Waals surface area contributed by atoms with Gasteiger partial charge >= 0.3 is 0 Å². The van der Waals surface area contributed by atoms with Crippen LogP contribution in [0.3, 0.4) is 0 Å². The van der Waals surface area contributed by atoms with Crippen LogP contribution in [0.2, 0.25) is 0 Å². The number of ether oxygens (including phenoxy) is 1. The lowest BCUT2D eigenvalue weighted by Crippen LogP contribution is -2.21. The molecule has 2 rings (SSSR count). The first kappa shape index (κ1) is 15.7. The van der Waals surface area contributed by atoms with Gasteiger partial charge in [-0.2, -0.15) is 0 Å². The van der Waals surface area contributed by atoms with Crippen LogP contribution in [0.1, 0.15) is 25.1 Å². The Balaban J connectivity index is 2.16. The van der Waals surface area contributed by atoms with Crippen LogP contribution in [-0.2, 0) is 17.7 Å². The standard InChI is InChI=1S/C16H24N4O/c1-13(2)10-17-11-15-12-18-19-20(15)16-7-5-4-6-14(16)8-9-21-3/h4-7,12-13,17H,8-11H2,1-3H3. The Bertz CT molecular complexity index is 551. The summed E-state index contributed by atoms with van der Waals surface area (Å²) in [6.45, 7) is 6.85. The van der Waals surface area contributed by atoms with E-state index in [1.54, 1.807) is 7.11 Å². The number of benzene rings is 1. The molecule has 0 aliphatic heterocycles. The molecule has 0 unspecified atom stereocenters. The summed E-state index contributed by atoms with van der Waals surface area (Å²) < 4.78 is 7.10. The van der Waals surface area contributed by atoms with Crippen molar-refractivity contribution in [1.82, 2.24) is 20.3 Å². The number of hydrogen-bond donors (Lipinski definition) is 1. The minimum atomic E-state index is 0.628. The molecule has 1 heterocycles. The molecule has 1 aromatic carbocycles. The fourth-order valence-corrected chi connectivity index (χ4v) is 2.21. The monoisotopic (exact) mass is 288 g/mol. The molecule has 114 valence electrons. The molecule has 0 aliphatic rings. The maximum Gasteiger partial charge on any atom is 0.0783 e. The minimum absolute atomic E-state index is 0.628. The maximum absolute atomic E-state index is 5.18. The van der Waals surface area contributed by atoms with Gasteiger partial charge in [-0.3, -0.25) is 0 Å². The van der Waals surface area contributed by atoms with Gasteiger partial charge < -0.3 is 10.1 Å². The third kappa shape index (κ3) is 4.37. The van der Waals surface area contributed by atoms with E-state index < -0.39 is 0 Å². The molecule has 21 heavy (non-hydrogen) atoms. The van der Waals surface area contributed by atoms with Crippen molar-refractivity contribution >= 4 is 0 Å². The summed E-state index contributed by atoms with van der Waals surface area (Å²) in [6.07, 6.45) is 2.69. The van der Waals surface area contributed by atoms with E-state index >= 15 is 0 Å². The van der Waals surface area contributed by atoms with Crippen molar-refractivity contribution in [3.8, 4) is 5.69 Å². The van der Waals surface area contributed by atoms with Gasteiger partial charge in [0.2, 0.25) is 0 Å². The average Bonchev–Trinajstić information content (AvgIpc) is 2.93. The summed E-state index contributed by atoms with van der Waals surface area (Å²) in [5, 5.41) is 11.7. The Kier molecular flexibility index (Phi) is 5.90. The van der Waals surface area contributed by atoms with E-state index in [2.05, 4.69) is 41.6 Å². The fraction of sp³-hybridized carbons (Fsp3) is 0.500. The molecule has 5 heteroatoms. The van der Waals surface area contributed by atoms with Crippen molar-refractivity contribution in [3.63, 3.8) is 0 Å². The highest BCUT2D eigenvalue weighted by molar-refractivity contribution is 5.41. The van der Waals surface area contributed by atoms with Crippen molar-refractivity contribution in [2.45, 2.75) is 26.8 Å². The topological polar surface area (TPSA) is 52.0 Å². The van der Waals surface area contributed by atoms with Crippen molar-refractivity contribution < 1.29 is 4.74 Å². The van der Waals surface area contributed by atoms with E-state index in [4.69, 9.17) is 4.74 Å². The zero-order valence-electron chi connectivity index (χ0n) is 13.0. The number of nitrogens with one attached hydrogen (secondary N) is 1. The van der Waals surface area contributed by atoms with Crippen LogP contribution in [0.25, 0.3) is 5.69 Å². The number of rotatable bonds is 8. The fourth-order valence-electron chi connectivity index (χ4n) is 2.21. The van der Waals surface area contributed by atoms with Gasteiger partial charge in [-0.1, -0.05) is 37.3 Å². The highest BCUT2D eigenvalue weighted by Crippen LogP contribution is 2.16. The largest absolute Gasteiger partial charge is 0.384 e.